The van der Waals surface area contributed by atoms with E-state index in [0.29, 0.717) is 5.88 Å². The molecule has 1 rings (SSSR count). The van der Waals surface area contributed by atoms with E-state index in [1.54, 1.807) is 0 Å². The van der Waals surface area contributed by atoms with Crippen LogP contribution in [0.5, 0.6) is 0 Å². The van der Waals surface area contributed by atoms with Gasteiger partial charge in [0.1, 0.15) is 0 Å². The fourth-order valence-electron chi connectivity index (χ4n) is 1.01. The molecule has 0 aliphatic rings. The number of hydrogen-bond acceptors (Lipinski definition) is 3. The first-order valence-corrected chi connectivity index (χ1v) is 3.52. The zero-order valence-electron chi connectivity index (χ0n) is 6.76. The average molecular weight is 177 g/mol. The number of nitrogens with zero attached hydrogens (tertiary/aromatic N) is 1. The normalized spacial score (nSPS) is 9.27. The van der Waals surface area contributed by atoms with Gasteiger partial charge in [-0.1, -0.05) is 19.0 Å². The van der Waals surface area contributed by atoms with Crippen molar-refractivity contribution in [3.8, 4) is 0 Å². The predicted molar refractivity (Wildman–Crippen MR) is 46.9 cm³/mol. The molecular weight excluding hydrogens is 164 g/mol. The van der Waals surface area contributed by atoms with Crippen molar-refractivity contribution in [3.63, 3.8) is 0 Å². The van der Waals surface area contributed by atoms with Gasteiger partial charge in [0.25, 0.3) is 0 Å². The SMILES string of the molecule is CCc1noc(N)c1CC.Cl. The number of aryl methyl sites for hydroxylation is 1. The highest BCUT2D eigenvalue weighted by Gasteiger charge is 2.08. The van der Waals surface area contributed by atoms with E-state index in [0.717, 1.165) is 24.1 Å². The van der Waals surface area contributed by atoms with Gasteiger partial charge in [0.15, 0.2) is 0 Å². The van der Waals surface area contributed by atoms with Crippen LogP contribution < -0.4 is 5.73 Å². The molecular formula is C7H13ClN2O. The molecule has 3 nitrogen and oxygen atoms in total. The number of halogens is 1. The first kappa shape index (κ1) is 10.3. The molecule has 64 valence electrons. The Morgan fingerprint density at radius 3 is 2.36 bits per heavy atom. The molecule has 0 amide bonds. The molecule has 1 aromatic heterocycles. The molecule has 0 fully saturated rings. The Morgan fingerprint density at radius 1 is 1.36 bits per heavy atom. The standard InChI is InChI=1S/C7H12N2O.ClH/c1-3-5-6(4-2)9-10-7(5)8;/h3-4,8H2,1-2H3;1H. The summed E-state index contributed by atoms with van der Waals surface area (Å²) >= 11 is 0. The van der Waals surface area contributed by atoms with Gasteiger partial charge in [-0.25, -0.2) is 0 Å². The van der Waals surface area contributed by atoms with Gasteiger partial charge < -0.3 is 10.3 Å². The third-order valence-electron chi connectivity index (χ3n) is 1.59. The van der Waals surface area contributed by atoms with Crippen molar-refractivity contribution in [2.75, 3.05) is 5.73 Å². The zero-order chi connectivity index (χ0) is 7.56. The maximum Gasteiger partial charge on any atom is 0.225 e. The summed E-state index contributed by atoms with van der Waals surface area (Å²) in [7, 11) is 0. The van der Waals surface area contributed by atoms with Crippen LogP contribution in [0.4, 0.5) is 5.88 Å². The van der Waals surface area contributed by atoms with Crippen molar-refractivity contribution in [1.29, 1.82) is 0 Å². The maximum absolute atomic E-state index is 5.50. The predicted octanol–water partition coefficient (Wildman–Crippen LogP) is 1.80. The molecule has 0 bridgehead atoms. The van der Waals surface area contributed by atoms with Gasteiger partial charge >= 0.3 is 0 Å². The third-order valence-corrected chi connectivity index (χ3v) is 1.59. The van der Waals surface area contributed by atoms with Gasteiger partial charge in [-0.05, 0) is 12.8 Å². The molecule has 0 atom stereocenters. The van der Waals surface area contributed by atoms with Crippen molar-refractivity contribution < 1.29 is 4.52 Å². The zero-order valence-corrected chi connectivity index (χ0v) is 7.57. The molecule has 0 unspecified atom stereocenters. The van der Waals surface area contributed by atoms with E-state index in [1.165, 1.54) is 0 Å². The Balaban J connectivity index is 0.000001000. The smallest absolute Gasteiger partial charge is 0.225 e. The maximum atomic E-state index is 5.50. The number of nitrogens with two attached hydrogens (primary N) is 1. The monoisotopic (exact) mass is 176 g/mol. The lowest BCUT2D eigenvalue weighted by Crippen LogP contribution is -1.91. The molecule has 1 aromatic rings. The van der Waals surface area contributed by atoms with E-state index < -0.39 is 0 Å². The largest absolute Gasteiger partial charge is 0.367 e. The molecule has 0 spiro atoms. The Labute approximate surface area is 72.3 Å². The summed E-state index contributed by atoms with van der Waals surface area (Å²) in [5, 5.41) is 3.81. The second-order valence-corrected chi connectivity index (χ2v) is 2.18. The van der Waals surface area contributed by atoms with E-state index in [2.05, 4.69) is 5.16 Å². The summed E-state index contributed by atoms with van der Waals surface area (Å²) in [6.07, 6.45) is 1.79. The second kappa shape index (κ2) is 4.23. The molecule has 4 heteroatoms. The number of aromatic nitrogens is 1. The fraction of sp³-hybridized carbons (Fsp3) is 0.571. The summed E-state index contributed by atoms with van der Waals surface area (Å²) in [4.78, 5) is 0. The lowest BCUT2D eigenvalue weighted by molar-refractivity contribution is 0.428. The Kier molecular flexibility index (Phi) is 3.97. The van der Waals surface area contributed by atoms with Crippen LogP contribution in [-0.2, 0) is 12.8 Å². The van der Waals surface area contributed by atoms with Crippen LogP contribution in [0.2, 0.25) is 0 Å². The molecule has 0 saturated carbocycles. The number of hydrogen-bond donors (Lipinski definition) is 1. The van der Waals surface area contributed by atoms with Gasteiger partial charge in [0.05, 0.1) is 5.69 Å². The Bertz CT molecular complexity index is 222. The number of nitrogen functional groups attached to an aromatic ring is 1. The lowest BCUT2D eigenvalue weighted by atomic mass is 10.1. The van der Waals surface area contributed by atoms with Gasteiger partial charge in [0.2, 0.25) is 5.88 Å². The van der Waals surface area contributed by atoms with Crippen molar-refractivity contribution in [1.82, 2.24) is 5.16 Å². The van der Waals surface area contributed by atoms with Gasteiger partial charge in [-0.3, -0.25) is 0 Å². The topological polar surface area (TPSA) is 52.0 Å². The Morgan fingerprint density at radius 2 is 2.00 bits per heavy atom. The van der Waals surface area contributed by atoms with E-state index >= 15 is 0 Å². The molecule has 0 radical (unpaired) electrons. The van der Waals surface area contributed by atoms with Crippen LogP contribution in [0.3, 0.4) is 0 Å². The molecule has 0 aliphatic heterocycles. The molecule has 2 N–H and O–H groups in total. The van der Waals surface area contributed by atoms with E-state index in [-0.39, 0.29) is 12.4 Å². The highest BCUT2D eigenvalue weighted by atomic mass is 35.5. The van der Waals surface area contributed by atoms with Gasteiger partial charge in [0, 0.05) is 5.56 Å². The van der Waals surface area contributed by atoms with E-state index in [1.807, 2.05) is 13.8 Å². The fourth-order valence-corrected chi connectivity index (χ4v) is 1.01. The minimum absolute atomic E-state index is 0. The minimum atomic E-state index is 0. The van der Waals surface area contributed by atoms with Crippen LogP contribution in [0.1, 0.15) is 25.1 Å². The van der Waals surface area contributed by atoms with Crippen molar-refractivity contribution in [2.24, 2.45) is 0 Å². The van der Waals surface area contributed by atoms with Crippen molar-refractivity contribution in [3.05, 3.63) is 11.3 Å². The van der Waals surface area contributed by atoms with Crippen LogP contribution in [0.15, 0.2) is 4.52 Å². The average Bonchev–Trinajstić information content (AvgIpc) is 2.30. The molecule has 11 heavy (non-hydrogen) atoms. The molecule has 0 aromatic carbocycles. The van der Waals surface area contributed by atoms with Crippen molar-refractivity contribution in [2.45, 2.75) is 26.7 Å². The molecule has 0 saturated heterocycles. The van der Waals surface area contributed by atoms with Crippen LogP contribution in [-0.4, -0.2) is 5.16 Å². The third kappa shape index (κ3) is 1.87. The first-order valence-electron chi connectivity index (χ1n) is 3.52. The highest BCUT2D eigenvalue weighted by Crippen LogP contribution is 2.16. The highest BCUT2D eigenvalue weighted by molar-refractivity contribution is 5.85. The molecule has 1 heterocycles. The van der Waals surface area contributed by atoms with Crippen LogP contribution in [0.25, 0.3) is 0 Å². The van der Waals surface area contributed by atoms with Gasteiger partial charge in [-0.15, -0.1) is 12.4 Å². The summed E-state index contributed by atoms with van der Waals surface area (Å²) in [6.45, 7) is 4.08. The summed E-state index contributed by atoms with van der Waals surface area (Å²) in [6, 6.07) is 0. The second-order valence-electron chi connectivity index (χ2n) is 2.18. The number of anilines is 1. The molecule has 0 aliphatic carbocycles. The van der Waals surface area contributed by atoms with Gasteiger partial charge in [-0.2, -0.15) is 0 Å². The first-order chi connectivity index (χ1) is 4.79. The van der Waals surface area contributed by atoms with Crippen molar-refractivity contribution >= 4 is 18.3 Å². The van der Waals surface area contributed by atoms with Crippen LogP contribution in [0, 0.1) is 0 Å². The summed E-state index contributed by atoms with van der Waals surface area (Å²) < 4.78 is 4.81. The quantitative estimate of drug-likeness (QED) is 0.748. The summed E-state index contributed by atoms with van der Waals surface area (Å²) in [5.41, 5.74) is 7.54. The Hall–Kier alpha value is -0.700. The van der Waals surface area contributed by atoms with Crippen LogP contribution >= 0.6 is 12.4 Å². The van der Waals surface area contributed by atoms with E-state index in [4.69, 9.17) is 10.3 Å². The number of rotatable bonds is 2. The lowest BCUT2D eigenvalue weighted by Gasteiger charge is -1.91. The van der Waals surface area contributed by atoms with E-state index in [9.17, 15) is 0 Å². The summed E-state index contributed by atoms with van der Waals surface area (Å²) in [5.74, 6) is 0.472. The minimum Gasteiger partial charge on any atom is -0.367 e.